The number of carbonyl (C=O) groups is 2. The SMILES string of the molecule is CCN(Cc1ccccn1)C(=O)c1ccc(C(=O)O)nc1. The highest BCUT2D eigenvalue weighted by Crippen LogP contribution is 2.08. The van der Waals surface area contributed by atoms with Gasteiger partial charge in [0, 0.05) is 18.9 Å². The number of aromatic nitrogens is 2. The molecule has 0 fully saturated rings. The number of aromatic carboxylic acids is 1. The predicted molar refractivity (Wildman–Crippen MR) is 75.8 cm³/mol. The molecular formula is C15H15N3O3. The molecule has 2 rings (SSSR count). The van der Waals surface area contributed by atoms with Crippen LogP contribution in [0, 0.1) is 0 Å². The molecule has 1 amide bonds. The number of carbonyl (C=O) groups excluding carboxylic acids is 1. The van der Waals surface area contributed by atoms with E-state index in [9.17, 15) is 9.59 Å². The molecule has 108 valence electrons. The molecule has 0 spiro atoms. The maximum Gasteiger partial charge on any atom is 0.354 e. The van der Waals surface area contributed by atoms with Gasteiger partial charge in [-0.15, -0.1) is 0 Å². The molecule has 0 saturated carbocycles. The summed E-state index contributed by atoms with van der Waals surface area (Å²) in [5, 5.41) is 8.80. The van der Waals surface area contributed by atoms with E-state index in [0.717, 1.165) is 5.69 Å². The zero-order valence-corrected chi connectivity index (χ0v) is 11.6. The van der Waals surface area contributed by atoms with E-state index in [1.165, 1.54) is 18.3 Å². The average Bonchev–Trinajstić information content (AvgIpc) is 2.53. The first kappa shape index (κ1) is 14.6. The van der Waals surface area contributed by atoms with E-state index in [0.29, 0.717) is 18.7 Å². The first-order valence-corrected chi connectivity index (χ1v) is 6.50. The van der Waals surface area contributed by atoms with Crippen molar-refractivity contribution >= 4 is 11.9 Å². The van der Waals surface area contributed by atoms with Crippen LogP contribution in [0.5, 0.6) is 0 Å². The van der Waals surface area contributed by atoms with Crippen molar-refractivity contribution in [2.45, 2.75) is 13.5 Å². The second kappa shape index (κ2) is 6.60. The van der Waals surface area contributed by atoms with Crippen LogP contribution >= 0.6 is 0 Å². The molecule has 0 aromatic carbocycles. The Morgan fingerprint density at radius 3 is 2.52 bits per heavy atom. The van der Waals surface area contributed by atoms with Gasteiger partial charge in [0.15, 0.2) is 0 Å². The minimum absolute atomic E-state index is 0.0840. The van der Waals surface area contributed by atoms with Gasteiger partial charge in [0.2, 0.25) is 0 Å². The van der Waals surface area contributed by atoms with Crippen molar-refractivity contribution in [3.8, 4) is 0 Å². The third kappa shape index (κ3) is 3.62. The molecule has 0 unspecified atom stereocenters. The number of nitrogens with zero attached hydrogens (tertiary/aromatic N) is 3. The largest absolute Gasteiger partial charge is 0.477 e. The van der Waals surface area contributed by atoms with Crippen LogP contribution in [0.25, 0.3) is 0 Å². The predicted octanol–water partition coefficient (Wildman–Crippen LogP) is 1.84. The molecule has 6 heteroatoms. The minimum atomic E-state index is -1.12. The lowest BCUT2D eigenvalue weighted by Gasteiger charge is -2.20. The van der Waals surface area contributed by atoms with Crippen LogP contribution in [0.15, 0.2) is 42.7 Å². The highest BCUT2D eigenvalue weighted by atomic mass is 16.4. The Bertz CT molecular complexity index is 626. The lowest BCUT2D eigenvalue weighted by atomic mass is 10.2. The Balaban J connectivity index is 2.14. The second-order valence-electron chi connectivity index (χ2n) is 4.38. The highest BCUT2D eigenvalue weighted by molar-refractivity contribution is 5.94. The number of pyridine rings is 2. The Hall–Kier alpha value is -2.76. The van der Waals surface area contributed by atoms with Crippen LogP contribution in [0.3, 0.4) is 0 Å². The van der Waals surface area contributed by atoms with Crippen molar-refractivity contribution in [2.24, 2.45) is 0 Å². The lowest BCUT2D eigenvalue weighted by molar-refractivity contribution is 0.0687. The smallest absolute Gasteiger partial charge is 0.354 e. The Morgan fingerprint density at radius 1 is 1.19 bits per heavy atom. The van der Waals surface area contributed by atoms with Crippen LogP contribution in [0.2, 0.25) is 0 Å². The Kier molecular flexibility index (Phi) is 4.61. The molecule has 0 atom stereocenters. The van der Waals surface area contributed by atoms with Crippen molar-refractivity contribution in [1.29, 1.82) is 0 Å². The van der Waals surface area contributed by atoms with Crippen LogP contribution in [-0.4, -0.2) is 38.4 Å². The third-order valence-corrected chi connectivity index (χ3v) is 2.98. The lowest BCUT2D eigenvalue weighted by Crippen LogP contribution is -2.30. The molecule has 0 saturated heterocycles. The molecule has 21 heavy (non-hydrogen) atoms. The average molecular weight is 285 g/mol. The normalized spacial score (nSPS) is 10.1. The van der Waals surface area contributed by atoms with E-state index in [-0.39, 0.29) is 11.6 Å². The van der Waals surface area contributed by atoms with Crippen LogP contribution < -0.4 is 0 Å². The molecule has 2 aromatic heterocycles. The summed E-state index contributed by atoms with van der Waals surface area (Å²) < 4.78 is 0. The van der Waals surface area contributed by atoms with Crippen molar-refractivity contribution in [3.05, 3.63) is 59.7 Å². The summed E-state index contributed by atoms with van der Waals surface area (Å²) in [4.78, 5) is 32.7. The van der Waals surface area contributed by atoms with Gasteiger partial charge < -0.3 is 10.0 Å². The quantitative estimate of drug-likeness (QED) is 0.906. The summed E-state index contributed by atoms with van der Waals surface area (Å²) in [6.45, 7) is 2.80. The van der Waals surface area contributed by atoms with Crippen molar-refractivity contribution in [1.82, 2.24) is 14.9 Å². The van der Waals surface area contributed by atoms with E-state index in [1.807, 2.05) is 25.1 Å². The van der Waals surface area contributed by atoms with Crippen LogP contribution in [0.1, 0.15) is 33.5 Å². The minimum Gasteiger partial charge on any atom is -0.477 e. The summed E-state index contributed by atoms with van der Waals surface area (Å²) in [5.41, 5.74) is 1.07. The molecule has 0 radical (unpaired) electrons. The molecule has 1 N–H and O–H groups in total. The van der Waals surface area contributed by atoms with Gasteiger partial charge in [0.25, 0.3) is 5.91 Å². The summed E-state index contributed by atoms with van der Waals surface area (Å²) in [6, 6.07) is 8.33. The summed E-state index contributed by atoms with van der Waals surface area (Å²) >= 11 is 0. The van der Waals surface area contributed by atoms with Gasteiger partial charge in [0.1, 0.15) is 5.69 Å². The number of carboxylic acids is 1. The highest BCUT2D eigenvalue weighted by Gasteiger charge is 2.16. The number of hydrogen-bond donors (Lipinski definition) is 1. The molecule has 2 heterocycles. The first-order chi connectivity index (χ1) is 10.1. The third-order valence-electron chi connectivity index (χ3n) is 2.98. The number of rotatable bonds is 5. The van der Waals surface area contributed by atoms with E-state index in [2.05, 4.69) is 9.97 Å². The van der Waals surface area contributed by atoms with Crippen molar-refractivity contribution in [2.75, 3.05) is 6.54 Å². The zero-order valence-electron chi connectivity index (χ0n) is 11.6. The second-order valence-corrected chi connectivity index (χ2v) is 4.38. The summed E-state index contributed by atoms with van der Waals surface area (Å²) in [7, 11) is 0. The standard InChI is InChI=1S/C15H15N3O3/c1-2-18(10-12-5-3-4-8-16-12)14(19)11-6-7-13(15(20)21)17-9-11/h3-9H,2,10H2,1H3,(H,20,21). The molecule has 6 nitrogen and oxygen atoms in total. The van der Waals surface area contributed by atoms with Gasteiger partial charge in [-0.2, -0.15) is 0 Å². The first-order valence-electron chi connectivity index (χ1n) is 6.50. The van der Waals surface area contributed by atoms with Crippen molar-refractivity contribution in [3.63, 3.8) is 0 Å². The summed E-state index contributed by atoms with van der Waals surface area (Å²) in [5.74, 6) is -1.32. The molecule has 2 aromatic rings. The van der Waals surface area contributed by atoms with Gasteiger partial charge in [-0.25, -0.2) is 9.78 Å². The van der Waals surface area contributed by atoms with Gasteiger partial charge in [-0.05, 0) is 31.2 Å². The Labute approximate surface area is 122 Å². The molecule has 0 aliphatic heterocycles. The van der Waals surface area contributed by atoms with Gasteiger partial charge >= 0.3 is 5.97 Å². The molecule has 0 aliphatic carbocycles. The van der Waals surface area contributed by atoms with Crippen molar-refractivity contribution < 1.29 is 14.7 Å². The number of amides is 1. The molecule has 0 bridgehead atoms. The van der Waals surface area contributed by atoms with Gasteiger partial charge in [0.05, 0.1) is 17.8 Å². The summed E-state index contributed by atoms with van der Waals surface area (Å²) in [6.07, 6.45) is 2.96. The van der Waals surface area contributed by atoms with E-state index < -0.39 is 5.97 Å². The van der Waals surface area contributed by atoms with E-state index >= 15 is 0 Å². The van der Waals surface area contributed by atoms with Crippen LogP contribution in [-0.2, 0) is 6.54 Å². The Morgan fingerprint density at radius 2 is 2.00 bits per heavy atom. The topological polar surface area (TPSA) is 83.4 Å². The van der Waals surface area contributed by atoms with Gasteiger partial charge in [-0.1, -0.05) is 6.07 Å². The number of carboxylic acid groups (broad SMARTS) is 1. The maximum absolute atomic E-state index is 12.4. The monoisotopic (exact) mass is 285 g/mol. The molecule has 0 aliphatic rings. The number of hydrogen-bond acceptors (Lipinski definition) is 4. The fraction of sp³-hybridized carbons (Fsp3) is 0.200. The van der Waals surface area contributed by atoms with Gasteiger partial charge in [-0.3, -0.25) is 9.78 Å². The fourth-order valence-electron chi connectivity index (χ4n) is 1.84. The molecular weight excluding hydrogens is 270 g/mol. The zero-order chi connectivity index (χ0) is 15.2. The van der Waals surface area contributed by atoms with E-state index in [1.54, 1.807) is 11.1 Å². The van der Waals surface area contributed by atoms with Crippen LogP contribution in [0.4, 0.5) is 0 Å². The maximum atomic E-state index is 12.4. The fourth-order valence-corrected chi connectivity index (χ4v) is 1.84. The van der Waals surface area contributed by atoms with E-state index in [4.69, 9.17) is 5.11 Å².